The van der Waals surface area contributed by atoms with Gasteiger partial charge in [0, 0.05) is 28.1 Å². The van der Waals surface area contributed by atoms with Crippen LogP contribution in [0.4, 0.5) is 0 Å². The molecule has 0 aliphatic carbocycles. The summed E-state index contributed by atoms with van der Waals surface area (Å²) in [5.41, 5.74) is -4.65. The van der Waals surface area contributed by atoms with Crippen molar-refractivity contribution in [3.8, 4) is 0 Å². The molecule has 0 aromatic rings. The third-order valence-electron chi connectivity index (χ3n) is 11.9. The summed E-state index contributed by atoms with van der Waals surface area (Å²) in [5, 5.41) is 0. The fourth-order valence-electron chi connectivity index (χ4n) is 7.16. The number of ketones is 2. The van der Waals surface area contributed by atoms with E-state index < -0.39 is 50.9 Å². The van der Waals surface area contributed by atoms with Gasteiger partial charge < -0.3 is 19.1 Å². The van der Waals surface area contributed by atoms with E-state index in [0.717, 1.165) is 13.0 Å². The molecule has 4 unspecified atom stereocenters. The Kier molecular flexibility index (Phi) is 18.3. The summed E-state index contributed by atoms with van der Waals surface area (Å²) >= 11 is 0. The fourth-order valence-corrected chi connectivity index (χ4v) is 7.16. The molecule has 51 heavy (non-hydrogen) atoms. The number of hydrogen-bond acceptors (Lipinski definition) is 9. The van der Waals surface area contributed by atoms with E-state index in [1.807, 2.05) is 130 Å². The van der Waals surface area contributed by atoms with Gasteiger partial charge in [-0.15, -0.1) is 0 Å². The minimum atomic E-state index is -0.987. The van der Waals surface area contributed by atoms with Crippen LogP contribution in [-0.4, -0.2) is 72.3 Å². The highest BCUT2D eigenvalue weighted by molar-refractivity contribution is 5.99. The van der Waals surface area contributed by atoms with E-state index in [2.05, 4.69) is 0 Å². The maximum Gasteiger partial charge on any atom is 0.313 e. The van der Waals surface area contributed by atoms with Crippen LogP contribution in [0.3, 0.4) is 0 Å². The molecule has 9 heteroatoms. The predicted octanol–water partition coefficient (Wildman–Crippen LogP) is 9.17. The lowest BCUT2D eigenvalue weighted by molar-refractivity contribution is -0.187. The van der Waals surface area contributed by atoms with Crippen molar-refractivity contribution in [3.05, 3.63) is 0 Å². The monoisotopic (exact) mass is 724 g/mol. The maximum atomic E-state index is 13.5. The van der Waals surface area contributed by atoms with Crippen LogP contribution in [0.5, 0.6) is 0 Å². The number of carbonyl (C=O) groups excluding carboxylic acids is 5. The Morgan fingerprint density at radius 3 is 1.57 bits per heavy atom. The second kappa shape index (κ2) is 19.2. The lowest BCUT2D eigenvalue weighted by atomic mass is 9.62. The minimum absolute atomic E-state index is 0.0646. The highest BCUT2D eigenvalue weighted by atomic mass is 16.6. The molecular weight excluding hydrogens is 646 g/mol. The van der Waals surface area contributed by atoms with Gasteiger partial charge in [0.25, 0.3) is 0 Å². The first-order chi connectivity index (χ1) is 22.9. The third-order valence-corrected chi connectivity index (χ3v) is 11.9. The first-order valence-electron chi connectivity index (χ1n) is 19.3. The lowest BCUT2D eigenvalue weighted by Crippen LogP contribution is -2.52. The van der Waals surface area contributed by atoms with E-state index >= 15 is 0 Å². The summed E-state index contributed by atoms with van der Waals surface area (Å²) in [7, 11) is 3.91. The zero-order valence-electron chi connectivity index (χ0n) is 36.0. The Morgan fingerprint density at radius 2 is 1.14 bits per heavy atom. The van der Waals surface area contributed by atoms with Crippen LogP contribution in [0.15, 0.2) is 0 Å². The maximum absolute atomic E-state index is 13.5. The van der Waals surface area contributed by atoms with Crippen LogP contribution in [0.2, 0.25) is 0 Å². The minimum Gasteiger partial charge on any atom is -0.461 e. The second-order valence-corrected chi connectivity index (χ2v) is 18.7. The Bertz CT molecular complexity index is 1180. The standard InChI is InChI=1S/C42H77NO8/c1-19-30(6)40(13,14)32(45)26-35(48)51-42(16,21-3)27-37(7,8)36(49-33(46)23-22-24-43(17)18)41(15,20-2)28-38(9,10)50-34(47)25-31(44)39(11,12)29(4)5/h29-30,36H,19-28H2,1-18H3. The average molecular weight is 724 g/mol. The number of carbonyl (C=O) groups is 5. The molecule has 0 rings (SSSR count). The van der Waals surface area contributed by atoms with Gasteiger partial charge in [-0.1, -0.05) is 96.4 Å². The number of esters is 3. The summed E-state index contributed by atoms with van der Waals surface area (Å²) in [6, 6.07) is 0. The van der Waals surface area contributed by atoms with Crippen molar-refractivity contribution in [1.29, 1.82) is 0 Å². The highest BCUT2D eigenvalue weighted by Gasteiger charge is 2.51. The molecule has 0 aliphatic heterocycles. The van der Waals surface area contributed by atoms with Gasteiger partial charge in [0.1, 0.15) is 41.7 Å². The Balaban J connectivity index is 6.51. The van der Waals surface area contributed by atoms with Crippen molar-refractivity contribution < 1.29 is 38.2 Å². The Labute approximate surface area is 312 Å². The smallest absolute Gasteiger partial charge is 0.313 e. The molecule has 0 N–H and O–H groups in total. The highest BCUT2D eigenvalue weighted by Crippen LogP contribution is 2.49. The molecule has 0 bridgehead atoms. The summed E-state index contributed by atoms with van der Waals surface area (Å²) < 4.78 is 18.6. The van der Waals surface area contributed by atoms with Gasteiger partial charge in [0.2, 0.25) is 0 Å². The van der Waals surface area contributed by atoms with Crippen LogP contribution in [0.25, 0.3) is 0 Å². The van der Waals surface area contributed by atoms with Crippen molar-refractivity contribution in [2.24, 2.45) is 33.5 Å². The molecule has 4 atom stereocenters. The van der Waals surface area contributed by atoms with Crippen LogP contribution >= 0.6 is 0 Å². The van der Waals surface area contributed by atoms with E-state index in [1.54, 1.807) is 0 Å². The lowest BCUT2D eigenvalue weighted by Gasteiger charge is -2.50. The molecule has 0 radical (unpaired) electrons. The zero-order chi connectivity index (χ0) is 40.4. The van der Waals surface area contributed by atoms with Crippen LogP contribution in [0.1, 0.15) is 169 Å². The number of ether oxygens (including phenoxy) is 3. The first kappa shape index (κ1) is 48.7. The van der Waals surface area contributed by atoms with Crippen LogP contribution in [-0.2, 0) is 38.2 Å². The second-order valence-electron chi connectivity index (χ2n) is 18.7. The normalized spacial score (nSPS) is 16.5. The van der Waals surface area contributed by atoms with Crippen LogP contribution in [0, 0.1) is 33.5 Å². The van der Waals surface area contributed by atoms with Gasteiger partial charge in [-0.25, -0.2) is 0 Å². The van der Waals surface area contributed by atoms with Crippen molar-refractivity contribution in [2.45, 2.75) is 186 Å². The average Bonchev–Trinajstić information content (AvgIpc) is 2.97. The molecule has 0 aliphatic rings. The largest absolute Gasteiger partial charge is 0.461 e. The van der Waals surface area contributed by atoms with E-state index in [9.17, 15) is 24.0 Å². The van der Waals surface area contributed by atoms with Crippen molar-refractivity contribution in [3.63, 3.8) is 0 Å². The molecule has 0 saturated carbocycles. The summed E-state index contributed by atoms with van der Waals surface area (Å²) in [6.45, 7) is 31.7. The summed E-state index contributed by atoms with van der Waals surface area (Å²) in [4.78, 5) is 68.2. The molecule has 0 amide bonds. The topological polar surface area (TPSA) is 116 Å². The van der Waals surface area contributed by atoms with Gasteiger partial charge in [0.15, 0.2) is 0 Å². The molecule has 0 fully saturated rings. The van der Waals surface area contributed by atoms with Crippen molar-refractivity contribution in [1.82, 2.24) is 4.90 Å². The SMILES string of the molecule is CCC(C)C(C)(C)C(=O)CC(=O)OC(C)(CC)CC(C)(C)C(OC(=O)CCCN(C)C)C(C)(CC)CC(C)(C)OC(=O)CC(=O)C(C)(C)C(C)C. The van der Waals surface area contributed by atoms with Gasteiger partial charge in [-0.05, 0) is 85.4 Å². The quantitative estimate of drug-likeness (QED) is 0.0546. The molecule has 0 aromatic heterocycles. The molecule has 0 saturated heterocycles. The van der Waals surface area contributed by atoms with Crippen LogP contribution < -0.4 is 0 Å². The van der Waals surface area contributed by atoms with Gasteiger partial charge in [0.05, 0.1) is 0 Å². The Hall–Kier alpha value is -2.29. The number of nitrogens with zero attached hydrogens (tertiary/aromatic N) is 1. The molecule has 298 valence electrons. The molecular formula is C42H77NO8. The van der Waals surface area contributed by atoms with E-state index in [4.69, 9.17) is 14.2 Å². The predicted molar refractivity (Wildman–Crippen MR) is 205 cm³/mol. The summed E-state index contributed by atoms with van der Waals surface area (Å²) in [5.74, 6) is -1.59. The number of hydrogen-bond donors (Lipinski definition) is 0. The van der Waals surface area contributed by atoms with E-state index in [1.165, 1.54) is 0 Å². The van der Waals surface area contributed by atoms with Gasteiger partial charge >= 0.3 is 17.9 Å². The molecule has 9 nitrogen and oxygen atoms in total. The fraction of sp³-hybridized carbons (Fsp3) is 0.881. The number of Topliss-reactive ketones (excluding diaryl/α,β-unsaturated/α-hetero) is 2. The third kappa shape index (κ3) is 14.9. The molecule has 0 heterocycles. The summed E-state index contributed by atoms with van der Waals surface area (Å²) in [6.07, 6.45) is 2.21. The van der Waals surface area contributed by atoms with Crippen molar-refractivity contribution in [2.75, 3.05) is 20.6 Å². The first-order valence-corrected chi connectivity index (χ1v) is 19.3. The van der Waals surface area contributed by atoms with E-state index in [-0.39, 0.29) is 48.6 Å². The Morgan fingerprint density at radius 1 is 0.647 bits per heavy atom. The van der Waals surface area contributed by atoms with E-state index in [0.29, 0.717) is 32.1 Å². The van der Waals surface area contributed by atoms with Gasteiger partial charge in [-0.3, -0.25) is 24.0 Å². The number of rotatable bonds is 24. The molecule has 0 aromatic carbocycles. The molecule has 0 spiro atoms. The van der Waals surface area contributed by atoms with Gasteiger partial charge in [-0.2, -0.15) is 0 Å². The zero-order valence-corrected chi connectivity index (χ0v) is 36.0. The van der Waals surface area contributed by atoms with Crippen molar-refractivity contribution >= 4 is 29.5 Å².